The topological polar surface area (TPSA) is 84.2 Å². The maximum atomic E-state index is 12.6. The zero-order chi connectivity index (χ0) is 25.3. The highest BCUT2D eigenvalue weighted by Gasteiger charge is 2.12. The molecule has 1 N–H and O–H groups in total. The first-order chi connectivity index (χ1) is 17.5. The van der Waals surface area contributed by atoms with Gasteiger partial charge in [-0.1, -0.05) is 60.2 Å². The van der Waals surface area contributed by atoms with Crippen molar-refractivity contribution in [2.24, 2.45) is 0 Å². The van der Waals surface area contributed by atoms with Crippen LogP contribution < -0.4 is 14.8 Å². The summed E-state index contributed by atoms with van der Waals surface area (Å²) in [6.45, 7) is 4.89. The molecular formula is C29H25N3O3S. The molecule has 0 bridgehead atoms. The van der Waals surface area contributed by atoms with E-state index in [1.165, 1.54) is 23.0 Å². The Morgan fingerprint density at radius 1 is 1.03 bits per heavy atom. The Bertz CT molecular complexity index is 1400. The average molecular weight is 496 g/mol. The second kappa shape index (κ2) is 11.8. The number of carbonyl (C=O) groups is 1. The largest absolute Gasteiger partial charge is 0.490 e. The zero-order valence-corrected chi connectivity index (χ0v) is 20.8. The first-order valence-electron chi connectivity index (χ1n) is 11.4. The Morgan fingerprint density at radius 3 is 2.50 bits per heavy atom. The number of carbonyl (C=O) groups excluding carboxylic acids is 1. The van der Waals surface area contributed by atoms with Gasteiger partial charge in [-0.25, -0.2) is 4.98 Å². The fraction of sp³-hybridized carbons (Fsp3) is 0.138. The van der Waals surface area contributed by atoms with Gasteiger partial charge >= 0.3 is 0 Å². The monoisotopic (exact) mass is 495 g/mol. The van der Waals surface area contributed by atoms with Gasteiger partial charge in [-0.05, 0) is 49.2 Å². The van der Waals surface area contributed by atoms with Gasteiger partial charge < -0.3 is 9.47 Å². The van der Waals surface area contributed by atoms with Crippen LogP contribution >= 0.6 is 11.3 Å². The van der Waals surface area contributed by atoms with E-state index >= 15 is 0 Å². The van der Waals surface area contributed by atoms with E-state index in [1.54, 1.807) is 24.3 Å². The van der Waals surface area contributed by atoms with E-state index in [-0.39, 0.29) is 5.57 Å². The van der Waals surface area contributed by atoms with Crippen molar-refractivity contribution in [3.63, 3.8) is 0 Å². The van der Waals surface area contributed by atoms with Crippen LogP contribution in [0.25, 0.3) is 17.3 Å². The van der Waals surface area contributed by atoms with E-state index in [1.807, 2.05) is 67.8 Å². The first kappa shape index (κ1) is 24.7. The average Bonchev–Trinajstić information content (AvgIpc) is 3.36. The Balaban J connectivity index is 1.30. The Morgan fingerprint density at radius 2 is 1.78 bits per heavy atom. The maximum Gasteiger partial charge on any atom is 0.268 e. The summed E-state index contributed by atoms with van der Waals surface area (Å²) in [6, 6.07) is 24.9. The quantitative estimate of drug-likeness (QED) is 0.164. The van der Waals surface area contributed by atoms with Crippen LogP contribution in [0.3, 0.4) is 0 Å². The summed E-state index contributed by atoms with van der Waals surface area (Å²) in [5.41, 5.74) is 4.72. The lowest BCUT2D eigenvalue weighted by Crippen LogP contribution is -2.13. The molecule has 1 aromatic heterocycles. The van der Waals surface area contributed by atoms with Crippen LogP contribution in [0.1, 0.15) is 16.7 Å². The van der Waals surface area contributed by atoms with Crippen molar-refractivity contribution in [3.05, 3.63) is 100 Å². The number of aromatic nitrogens is 1. The molecule has 0 aliphatic heterocycles. The number of ether oxygens (including phenoxy) is 2. The van der Waals surface area contributed by atoms with Gasteiger partial charge in [0.25, 0.3) is 5.91 Å². The molecule has 6 nitrogen and oxygen atoms in total. The van der Waals surface area contributed by atoms with Gasteiger partial charge in [-0.2, -0.15) is 5.26 Å². The number of nitrogens with one attached hydrogen (secondary N) is 1. The third-order valence-electron chi connectivity index (χ3n) is 5.29. The molecular weight excluding hydrogens is 470 g/mol. The number of amides is 1. The van der Waals surface area contributed by atoms with Crippen LogP contribution in [0.2, 0.25) is 0 Å². The molecule has 0 saturated heterocycles. The van der Waals surface area contributed by atoms with Crippen molar-refractivity contribution >= 4 is 28.5 Å². The summed E-state index contributed by atoms with van der Waals surface area (Å²) < 4.78 is 11.5. The second-order valence-electron chi connectivity index (χ2n) is 8.06. The number of aryl methyl sites for hydroxylation is 2. The van der Waals surface area contributed by atoms with E-state index in [0.29, 0.717) is 29.7 Å². The third-order valence-corrected chi connectivity index (χ3v) is 6.05. The van der Waals surface area contributed by atoms with E-state index in [4.69, 9.17) is 9.47 Å². The molecule has 0 spiro atoms. The minimum atomic E-state index is -0.504. The number of hydrogen-bond donors (Lipinski definition) is 1. The molecule has 0 saturated carbocycles. The molecule has 0 fully saturated rings. The van der Waals surface area contributed by atoms with Crippen LogP contribution in [0, 0.1) is 25.2 Å². The number of nitriles is 1. The van der Waals surface area contributed by atoms with Crippen LogP contribution in [-0.4, -0.2) is 24.1 Å². The van der Waals surface area contributed by atoms with Gasteiger partial charge in [0.05, 0.1) is 5.69 Å². The van der Waals surface area contributed by atoms with Gasteiger partial charge in [0.1, 0.15) is 36.4 Å². The highest BCUT2D eigenvalue weighted by Crippen LogP contribution is 2.25. The molecule has 180 valence electrons. The standard InChI is InChI=1S/C29H25N3O3S/c1-20-8-13-27(21(2)16-20)35-15-14-34-25-11-9-22(10-12-25)17-24(18-30)28(33)32-29-31-26(19-36-29)23-6-4-3-5-7-23/h3-13,16-17,19H,14-15H2,1-2H3,(H,31,32,33)/b24-17-. The molecule has 0 atom stereocenters. The molecule has 0 radical (unpaired) electrons. The summed E-state index contributed by atoms with van der Waals surface area (Å²) in [5, 5.41) is 14.5. The molecule has 0 unspecified atom stereocenters. The van der Waals surface area contributed by atoms with Crippen LogP contribution in [0.15, 0.2) is 83.7 Å². The van der Waals surface area contributed by atoms with Crippen molar-refractivity contribution in [2.75, 3.05) is 18.5 Å². The lowest BCUT2D eigenvalue weighted by Gasteiger charge is -2.11. The molecule has 1 amide bonds. The summed E-state index contributed by atoms with van der Waals surface area (Å²) in [5.74, 6) is 1.02. The van der Waals surface area contributed by atoms with E-state index in [9.17, 15) is 10.1 Å². The van der Waals surface area contributed by atoms with Gasteiger partial charge in [0, 0.05) is 10.9 Å². The summed E-state index contributed by atoms with van der Waals surface area (Å²) >= 11 is 1.31. The van der Waals surface area contributed by atoms with Crippen molar-refractivity contribution < 1.29 is 14.3 Å². The van der Waals surface area contributed by atoms with Crippen molar-refractivity contribution in [2.45, 2.75) is 13.8 Å². The Labute approximate surface area is 214 Å². The molecule has 36 heavy (non-hydrogen) atoms. The van der Waals surface area contributed by atoms with Crippen LogP contribution in [0.4, 0.5) is 5.13 Å². The predicted octanol–water partition coefficient (Wildman–Crippen LogP) is 6.43. The van der Waals surface area contributed by atoms with Crippen molar-refractivity contribution in [3.8, 4) is 28.8 Å². The normalized spacial score (nSPS) is 11.0. The van der Waals surface area contributed by atoms with Crippen LogP contribution in [0.5, 0.6) is 11.5 Å². The van der Waals surface area contributed by atoms with E-state index in [0.717, 1.165) is 22.6 Å². The van der Waals surface area contributed by atoms with Crippen molar-refractivity contribution in [1.29, 1.82) is 5.26 Å². The summed E-state index contributed by atoms with van der Waals surface area (Å²) in [4.78, 5) is 17.1. The van der Waals surface area contributed by atoms with Gasteiger partial charge in [-0.3, -0.25) is 10.1 Å². The number of rotatable bonds is 9. The molecule has 1 heterocycles. The fourth-order valence-corrected chi connectivity index (χ4v) is 4.20. The van der Waals surface area contributed by atoms with Gasteiger partial charge in [0.15, 0.2) is 5.13 Å². The number of anilines is 1. The molecule has 0 aliphatic rings. The lowest BCUT2D eigenvalue weighted by atomic mass is 10.1. The second-order valence-corrected chi connectivity index (χ2v) is 8.92. The fourth-order valence-electron chi connectivity index (χ4n) is 3.49. The molecule has 0 aliphatic carbocycles. The van der Waals surface area contributed by atoms with E-state index in [2.05, 4.69) is 16.4 Å². The lowest BCUT2D eigenvalue weighted by molar-refractivity contribution is -0.112. The van der Waals surface area contributed by atoms with Gasteiger partial charge in [0.2, 0.25) is 0 Å². The first-order valence-corrected chi connectivity index (χ1v) is 12.3. The molecule has 3 aromatic carbocycles. The third kappa shape index (κ3) is 6.59. The number of benzene rings is 3. The molecule has 7 heteroatoms. The number of nitrogens with zero attached hydrogens (tertiary/aromatic N) is 2. The summed E-state index contributed by atoms with van der Waals surface area (Å²) in [6.07, 6.45) is 1.54. The van der Waals surface area contributed by atoms with E-state index < -0.39 is 5.91 Å². The molecule has 4 aromatic rings. The maximum absolute atomic E-state index is 12.6. The number of thiazole rings is 1. The van der Waals surface area contributed by atoms with Crippen molar-refractivity contribution in [1.82, 2.24) is 4.98 Å². The summed E-state index contributed by atoms with van der Waals surface area (Å²) in [7, 11) is 0. The minimum absolute atomic E-state index is 0.0120. The van der Waals surface area contributed by atoms with Crippen LogP contribution in [-0.2, 0) is 4.79 Å². The minimum Gasteiger partial charge on any atom is -0.490 e. The zero-order valence-electron chi connectivity index (χ0n) is 20.0. The smallest absolute Gasteiger partial charge is 0.268 e. The Kier molecular flexibility index (Phi) is 8.12. The molecule has 4 rings (SSSR count). The SMILES string of the molecule is Cc1ccc(OCCOc2ccc(/C=C(/C#N)C(=O)Nc3nc(-c4ccccc4)cs3)cc2)c(C)c1. The number of hydrogen-bond acceptors (Lipinski definition) is 6. The predicted molar refractivity (Wildman–Crippen MR) is 143 cm³/mol. The van der Waals surface area contributed by atoms with Gasteiger partial charge in [-0.15, -0.1) is 11.3 Å². The highest BCUT2D eigenvalue weighted by atomic mass is 32.1. The highest BCUT2D eigenvalue weighted by molar-refractivity contribution is 7.14. The Hall–Kier alpha value is -4.41.